The highest BCUT2D eigenvalue weighted by atomic mass is 28.3. The second-order valence-electron chi connectivity index (χ2n) is 5.39. The molecule has 0 unspecified atom stereocenters. The Morgan fingerprint density at radius 3 is 1.60 bits per heavy atom. The van der Waals surface area contributed by atoms with Gasteiger partial charge in [-0.05, 0) is 0 Å². The van der Waals surface area contributed by atoms with Gasteiger partial charge in [-0.3, -0.25) is 0 Å². The van der Waals surface area contributed by atoms with E-state index in [2.05, 4.69) is 27.3 Å². The van der Waals surface area contributed by atoms with Crippen molar-refractivity contribution in [3.8, 4) is 0 Å². The van der Waals surface area contributed by atoms with E-state index in [1.807, 2.05) is 0 Å². The molecule has 0 bridgehead atoms. The maximum atomic E-state index is 2.59. The average molecular weight is 228 g/mol. The average Bonchev–Trinajstić information content (AvgIpc) is 2.27. The van der Waals surface area contributed by atoms with Crippen LogP contribution in [0.5, 0.6) is 0 Å². The molecule has 0 N–H and O–H groups in total. The molecule has 0 aromatic heterocycles. The zero-order valence-corrected chi connectivity index (χ0v) is 12.6. The molecule has 0 aromatic rings. The van der Waals surface area contributed by atoms with Crippen LogP contribution in [0.3, 0.4) is 0 Å². The van der Waals surface area contributed by atoms with Crippen molar-refractivity contribution in [2.45, 2.75) is 90.4 Å². The minimum atomic E-state index is -0.773. The van der Waals surface area contributed by atoms with Crippen molar-refractivity contribution >= 4 is 8.07 Å². The van der Waals surface area contributed by atoms with Gasteiger partial charge in [0.25, 0.3) is 0 Å². The Balaban J connectivity index is 3.29. The summed E-state index contributed by atoms with van der Waals surface area (Å²) in [4.78, 5) is 0. The fourth-order valence-corrected chi connectivity index (χ4v) is 4.42. The topological polar surface area (TPSA) is 0 Å². The van der Waals surface area contributed by atoms with Crippen molar-refractivity contribution in [2.24, 2.45) is 0 Å². The maximum Gasteiger partial charge on any atom is 0.0499 e. The molecular weight excluding hydrogens is 196 g/mol. The molecule has 0 heterocycles. The molecule has 92 valence electrons. The lowest BCUT2D eigenvalue weighted by Crippen LogP contribution is -2.26. The molecule has 0 aliphatic carbocycles. The normalized spacial score (nSPS) is 12.0. The standard InChI is InChI=1S/C14H32Si/c1-5-8-9-10-11-12-13-14-15(4,6-2)7-3/h5-14H2,1-4H3. The molecule has 0 spiro atoms. The van der Waals surface area contributed by atoms with Gasteiger partial charge in [0.1, 0.15) is 0 Å². The van der Waals surface area contributed by atoms with Crippen molar-refractivity contribution < 1.29 is 0 Å². The summed E-state index contributed by atoms with van der Waals surface area (Å²) in [5.74, 6) is 0. The molecule has 0 saturated heterocycles. The van der Waals surface area contributed by atoms with Crippen molar-refractivity contribution in [1.29, 1.82) is 0 Å². The monoisotopic (exact) mass is 228 g/mol. The van der Waals surface area contributed by atoms with Gasteiger partial charge in [-0.25, -0.2) is 0 Å². The third kappa shape index (κ3) is 8.07. The number of hydrogen-bond acceptors (Lipinski definition) is 0. The first-order valence-corrected chi connectivity index (χ1v) is 10.3. The SMILES string of the molecule is CCCCCCCCC[Si](C)(CC)CC. The van der Waals surface area contributed by atoms with E-state index < -0.39 is 8.07 Å². The molecular formula is C14H32Si. The summed E-state index contributed by atoms with van der Waals surface area (Å²) in [6.07, 6.45) is 10.2. The number of unbranched alkanes of at least 4 members (excludes halogenated alkanes) is 6. The summed E-state index contributed by atoms with van der Waals surface area (Å²) in [5.41, 5.74) is 0. The van der Waals surface area contributed by atoms with Gasteiger partial charge < -0.3 is 0 Å². The van der Waals surface area contributed by atoms with E-state index in [4.69, 9.17) is 0 Å². The lowest BCUT2D eigenvalue weighted by atomic mass is 10.1. The molecule has 0 fully saturated rings. The Bertz CT molecular complexity index is 127. The van der Waals surface area contributed by atoms with Crippen molar-refractivity contribution in [3.05, 3.63) is 0 Å². The predicted molar refractivity (Wildman–Crippen MR) is 75.4 cm³/mol. The van der Waals surface area contributed by atoms with Crippen LogP contribution in [-0.4, -0.2) is 8.07 Å². The van der Waals surface area contributed by atoms with E-state index in [0.29, 0.717) is 0 Å². The Labute approximate surface area is 98.9 Å². The Morgan fingerprint density at radius 2 is 1.13 bits per heavy atom. The lowest BCUT2D eigenvalue weighted by Gasteiger charge is -2.23. The molecule has 0 atom stereocenters. The second kappa shape index (κ2) is 9.44. The highest BCUT2D eigenvalue weighted by Crippen LogP contribution is 2.23. The Kier molecular flexibility index (Phi) is 9.58. The van der Waals surface area contributed by atoms with Crippen LogP contribution in [0.1, 0.15) is 65.7 Å². The molecule has 15 heavy (non-hydrogen) atoms. The smallest absolute Gasteiger partial charge is 0.0499 e. The van der Waals surface area contributed by atoms with E-state index in [1.54, 1.807) is 6.04 Å². The van der Waals surface area contributed by atoms with E-state index in [-0.39, 0.29) is 0 Å². The van der Waals surface area contributed by atoms with Gasteiger partial charge in [0.2, 0.25) is 0 Å². The minimum absolute atomic E-state index is 0.773. The minimum Gasteiger partial charge on any atom is -0.0692 e. The third-order valence-corrected chi connectivity index (χ3v) is 9.07. The van der Waals surface area contributed by atoms with Crippen molar-refractivity contribution in [3.63, 3.8) is 0 Å². The Hall–Kier alpha value is 0.217. The van der Waals surface area contributed by atoms with Crippen LogP contribution in [0.25, 0.3) is 0 Å². The molecule has 0 aromatic carbocycles. The highest BCUT2D eigenvalue weighted by molar-refractivity contribution is 6.78. The van der Waals surface area contributed by atoms with Crippen LogP contribution < -0.4 is 0 Å². The van der Waals surface area contributed by atoms with Gasteiger partial charge in [-0.1, -0.05) is 90.4 Å². The fourth-order valence-electron chi connectivity index (χ4n) is 2.11. The highest BCUT2D eigenvalue weighted by Gasteiger charge is 2.20. The van der Waals surface area contributed by atoms with Crippen LogP contribution in [0, 0.1) is 0 Å². The number of hydrogen-bond donors (Lipinski definition) is 0. The summed E-state index contributed by atoms with van der Waals surface area (Å²) in [6.45, 7) is 9.68. The van der Waals surface area contributed by atoms with E-state index in [1.165, 1.54) is 57.0 Å². The first-order valence-electron chi connectivity index (χ1n) is 7.18. The second-order valence-corrected chi connectivity index (χ2v) is 10.9. The zero-order valence-electron chi connectivity index (χ0n) is 11.6. The third-order valence-electron chi connectivity index (χ3n) is 4.09. The molecule has 0 aliphatic heterocycles. The van der Waals surface area contributed by atoms with E-state index >= 15 is 0 Å². The van der Waals surface area contributed by atoms with Crippen molar-refractivity contribution in [2.75, 3.05) is 0 Å². The first-order chi connectivity index (χ1) is 7.18. The van der Waals surface area contributed by atoms with Gasteiger partial charge in [0.05, 0.1) is 0 Å². The summed E-state index contributed by atoms with van der Waals surface area (Å²) >= 11 is 0. The van der Waals surface area contributed by atoms with Gasteiger partial charge in [0.15, 0.2) is 0 Å². The molecule has 0 amide bonds. The molecule has 0 nitrogen and oxygen atoms in total. The largest absolute Gasteiger partial charge is 0.0692 e. The Morgan fingerprint density at radius 1 is 0.667 bits per heavy atom. The van der Waals surface area contributed by atoms with E-state index in [9.17, 15) is 0 Å². The van der Waals surface area contributed by atoms with Gasteiger partial charge in [-0.15, -0.1) is 0 Å². The van der Waals surface area contributed by atoms with Crippen LogP contribution in [0.15, 0.2) is 0 Å². The maximum absolute atomic E-state index is 2.59. The zero-order chi connectivity index (χ0) is 11.6. The van der Waals surface area contributed by atoms with Gasteiger partial charge in [0, 0.05) is 8.07 Å². The summed E-state index contributed by atoms with van der Waals surface area (Å²) in [5, 5.41) is 0. The first kappa shape index (κ1) is 15.2. The van der Waals surface area contributed by atoms with Crippen molar-refractivity contribution in [1.82, 2.24) is 0 Å². The van der Waals surface area contributed by atoms with Crippen LogP contribution in [0.2, 0.25) is 24.7 Å². The van der Waals surface area contributed by atoms with E-state index in [0.717, 1.165) is 0 Å². The predicted octanol–water partition coefficient (Wildman–Crippen LogP) is 5.86. The fraction of sp³-hybridized carbons (Fsp3) is 1.00. The molecule has 1 heteroatoms. The van der Waals surface area contributed by atoms with Crippen LogP contribution >= 0.6 is 0 Å². The van der Waals surface area contributed by atoms with Crippen LogP contribution in [0.4, 0.5) is 0 Å². The molecule has 0 aliphatic rings. The molecule has 0 rings (SSSR count). The quantitative estimate of drug-likeness (QED) is 0.325. The summed E-state index contributed by atoms with van der Waals surface area (Å²) in [7, 11) is -0.773. The summed E-state index contributed by atoms with van der Waals surface area (Å²) < 4.78 is 0. The lowest BCUT2D eigenvalue weighted by molar-refractivity contribution is 0.600. The summed E-state index contributed by atoms with van der Waals surface area (Å²) in [6, 6.07) is 4.55. The van der Waals surface area contributed by atoms with Crippen LogP contribution in [-0.2, 0) is 0 Å². The van der Waals surface area contributed by atoms with Gasteiger partial charge in [-0.2, -0.15) is 0 Å². The molecule has 0 saturated carbocycles. The van der Waals surface area contributed by atoms with Gasteiger partial charge >= 0.3 is 0 Å². The number of rotatable bonds is 10. The molecule has 0 radical (unpaired) electrons.